The van der Waals surface area contributed by atoms with Gasteiger partial charge in [0.2, 0.25) is 0 Å². The molecule has 0 aliphatic heterocycles. The summed E-state index contributed by atoms with van der Waals surface area (Å²) in [6.45, 7) is 5.08. The molecule has 4 N–H and O–H groups in total. The van der Waals surface area contributed by atoms with Crippen molar-refractivity contribution in [2.75, 3.05) is 19.6 Å². The van der Waals surface area contributed by atoms with E-state index in [-0.39, 0.29) is 0 Å². The lowest BCUT2D eigenvalue weighted by molar-refractivity contribution is 0.369. The normalized spacial score (nSPS) is 17.0. The molecule has 1 fully saturated rings. The summed E-state index contributed by atoms with van der Waals surface area (Å²) in [7, 11) is 0. The number of rotatable bonds is 12. The molecule has 1 unspecified atom stereocenters. The minimum atomic E-state index is -0.501. The Balaban J connectivity index is 1.38. The van der Waals surface area contributed by atoms with Gasteiger partial charge >= 0.3 is 0 Å². The first-order chi connectivity index (χ1) is 14.7. The Kier molecular flexibility index (Phi) is 9.38. The number of unbranched alkanes of at least 4 members (excludes halogenated alkanes) is 3. The Morgan fingerprint density at radius 2 is 1.43 bits per heavy atom. The highest BCUT2D eigenvalue weighted by molar-refractivity contribution is 5.39. The molecular weight excluding hydrogens is 366 g/mol. The molecule has 3 rings (SSSR count). The van der Waals surface area contributed by atoms with Crippen molar-refractivity contribution in [2.45, 2.75) is 76.3 Å². The monoisotopic (exact) mass is 407 g/mol. The lowest BCUT2D eigenvalue weighted by atomic mass is 9.83. The lowest BCUT2D eigenvalue weighted by Crippen LogP contribution is -2.47. The summed E-state index contributed by atoms with van der Waals surface area (Å²) < 4.78 is 0. The quantitative estimate of drug-likeness (QED) is 0.420. The van der Waals surface area contributed by atoms with Crippen molar-refractivity contribution in [1.82, 2.24) is 10.6 Å². The van der Waals surface area contributed by atoms with Crippen LogP contribution in [0, 0.1) is 6.92 Å². The molecule has 0 aromatic heterocycles. The van der Waals surface area contributed by atoms with E-state index in [0.29, 0.717) is 0 Å². The predicted molar refractivity (Wildman–Crippen MR) is 129 cm³/mol. The Hall–Kier alpha value is -1.68. The Morgan fingerprint density at radius 1 is 0.800 bits per heavy atom. The third kappa shape index (κ3) is 6.94. The van der Waals surface area contributed by atoms with Crippen molar-refractivity contribution < 1.29 is 0 Å². The van der Waals surface area contributed by atoms with E-state index in [4.69, 9.17) is 5.73 Å². The van der Waals surface area contributed by atoms with Crippen LogP contribution in [0.1, 0.15) is 74.5 Å². The van der Waals surface area contributed by atoms with Crippen LogP contribution in [-0.4, -0.2) is 25.7 Å². The van der Waals surface area contributed by atoms with Gasteiger partial charge in [0.05, 0.1) is 5.54 Å². The molecule has 1 atom stereocenters. The predicted octanol–water partition coefficient (Wildman–Crippen LogP) is 5.27. The maximum Gasteiger partial charge on any atom is 0.0792 e. The van der Waals surface area contributed by atoms with Crippen molar-refractivity contribution in [3.05, 3.63) is 71.3 Å². The summed E-state index contributed by atoms with van der Waals surface area (Å²) in [5.41, 5.74) is 10.1. The highest BCUT2D eigenvalue weighted by atomic mass is 14.9. The summed E-state index contributed by atoms with van der Waals surface area (Å²) in [6.07, 6.45) is 12.1. The van der Waals surface area contributed by atoms with Gasteiger partial charge in [0, 0.05) is 12.6 Å². The molecule has 1 saturated carbocycles. The maximum atomic E-state index is 6.97. The Morgan fingerprint density at radius 3 is 2.13 bits per heavy atom. The zero-order chi connectivity index (χ0) is 21.1. The molecule has 0 saturated heterocycles. The second-order valence-electron chi connectivity index (χ2n) is 9.08. The molecular formula is C27H41N3. The first-order valence-corrected chi connectivity index (χ1v) is 12.0. The number of nitrogens with two attached hydrogens (primary N) is 1. The van der Waals surface area contributed by atoms with Gasteiger partial charge in [-0.15, -0.1) is 0 Å². The van der Waals surface area contributed by atoms with Gasteiger partial charge in [0.25, 0.3) is 0 Å². The summed E-state index contributed by atoms with van der Waals surface area (Å²) in [6, 6.07) is 19.9. The molecule has 3 nitrogen and oxygen atoms in total. The first-order valence-electron chi connectivity index (χ1n) is 12.0. The van der Waals surface area contributed by atoms with Crippen LogP contribution >= 0.6 is 0 Å². The van der Waals surface area contributed by atoms with Crippen molar-refractivity contribution in [2.24, 2.45) is 5.73 Å². The fourth-order valence-corrected chi connectivity index (χ4v) is 4.58. The third-order valence-corrected chi connectivity index (χ3v) is 6.58. The molecule has 0 bridgehead atoms. The molecule has 2 aromatic rings. The highest BCUT2D eigenvalue weighted by Gasteiger charge is 2.29. The van der Waals surface area contributed by atoms with Crippen molar-refractivity contribution >= 4 is 0 Å². The third-order valence-electron chi connectivity index (χ3n) is 6.58. The van der Waals surface area contributed by atoms with Crippen molar-refractivity contribution in [1.29, 1.82) is 0 Å². The molecule has 164 valence electrons. The number of aryl methyl sites for hydroxylation is 1. The van der Waals surface area contributed by atoms with E-state index in [1.165, 1.54) is 75.5 Å². The van der Waals surface area contributed by atoms with Crippen LogP contribution < -0.4 is 16.4 Å². The summed E-state index contributed by atoms with van der Waals surface area (Å²) in [5, 5.41) is 7.39. The van der Waals surface area contributed by atoms with E-state index in [1.54, 1.807) is 0 Å². The van der Waals surface area contributed by atoms with Gasteiger partial charge in [-0.05, 0) is 56.8 Å². The van der Waals surface area contributed by atoms with Crippen LogP contribution in [0.3, 0.4) is 0 Å². The number of hydrogen-bond donors (Lipinski definition) is 3. The van der Waals surface area contributed by atoms with Gasteiger partial charge in [-0.1, -0.05) is 92.3 Å². The lowest BCUT2D eigenvalue weighted by Gasteiger charge is -2.31. The van der Waals surface area contributed by atoms with Gasteiger partial charge in [-0.2, -0.15) is 0 Å². The van der Waals surface area contributed by atoms with E-state index < -0.39 is 5.54 Å². The fraction of sp³-hybridized carbons (Fsp3) is 0.556. The van der Waals surface area contributed by atoms with Gasteiger partial charge in [0.15, 0.2) is 0 Å². The Labute approximate surface area is 183 Å². The second kappa shape index (κ2) is 12.2. The Bertz CT molecular complexity index is 707. The molecule has 1 aliphatic carbocycles. The van der Waals surface area contributed by atoms with Gasteiger partial charge < -0.3 is 16.4 Å². The maximum absolute atomic E-state index is 6.97. The van der Waals surface area contributed by atoms with Crippen molar-refractivity contribution in [3.63, 3.8) is 0 Å². The van der Waals surface area contributed by atoms with Crippen LogP contribution in [0.5, 0.6) is 0 Å². The van der Waals surface area contributed by atoms with Crippen LogP contribution in [-0.2, 0) is 5.54 Å². The highest BCUT2D eigenvalue weighted by Crippen LogP contribution is 2.26. The minimum Gasteiger partial charge on any atom is -0.317 e. The molecule has 0 radical (unpaired) electrons. The number of benzene rings is 2. The summed E-state index contributed by atoms with van der Waals surface area (Å²) in [4.78, 5) is 0. The molecule has 1 aliphatic rings. The average Bonchev–Trinajstić information content (AvgIpc) is 2.79. The SMILES string of the molecule is Cc1ccc(C(N)(CNCCCCCCNC2CCCCC2)c2ccccc2)cc1. The second-order valence-corrected chi connectivity index (χ2v) is 9.08. The average molecular weight is 408 g/mol. The molecule has 0 amide bonds. The molecule has 0 spiro atoms. The van der Waals surface area contributed by atoms with Gasteiger partial charge in [-0.3, -0.25) is 0 Å². The van der Waals surface area contributed by atoms with Gasteiger partial charge in [0.1, 0.15) is 0 Å². The zero-order valence-electron chi connectivity index (χ0n) is 18.8. The number of hydrogen-bond acceptors (Lipinski definition) is 3. The van der Waals surface area contributed by atoms with Crippen molar-refractivity contribution in [3.8, 4) is 0 Å². The molecule has 30 heavy (non-hydrogen) atoms. The first kappa shape index (κ1) is 23.0. The van der Waals surface area contributed by atoms with Crippen LogP contribution in [0.2, 0.25) is 0 Å². The van der Waals surface area contributed by atoms with Crippen LogP contribution in [0.25, 0.3) is 0 Å². The van der Waals surface area contributed by atoms with Crippen LogP contribution in [0.15, 0.2) is 54.6 Å². The molecule has 2 aromatic carbocycles. The van der Waals surface area contributed by atoms with E-state index in [0.717, 1.165) is 24.7 Å². The smallest absolute Gasteiger partial charge is 0.0792 e. The standard InChI is InChI=1S/C27H41N3/c1-23-16-18-25(19-17-23)27(28,24-12-6-4-7-13-24)22-29-20-10-2-3-11-21-30-26-14-8-5-9-15-26/h4,6-7,12-13,16-19,26,29-30H,2-3,5,8-11,14-15,20-22,28H2,1H3. The fourth-order valence-electron chi connectivity index (χ4n) is 4.58. The topological polar surface area (TPSA) is 50.1 Å². The molecule has 0 heterocycles. The van der Waals surface area contributed by atoms with Gasteiger partial charge in [-0.25, -0.2) is 0 Å². The minimum absolute atomic E-state index is 0.501. The van der Waals surface area contributed by atoms with E-state index in [9.17, 15) is 0 Å². The number of nitrogens with one attached hydrogen (secondary N) is 2. The molecule has 3 heteroatoms. The van der Waals surface area contributed by atoms with Crippen LogP contribution in [0.4, 0.5) is 0 Å². The largest absolute Gasteiger partial charge is 0.317 e. The zero-order valence-corrected chi connectivity index (χ0v) is 18.8. The van der Waals surface area contributed by atoms with E-state index in [1.807, 2.05) is 0 Å². The van der Waals surface area contributed by atoms with E-state index >= 15 is 0 Å². The van der Waals surface area contributed by atoms with E-state index in [2.05, 4.69) is 72.2 Å². The summed E-state index contributed by atoms with van der Waals surface area (Å²) >= 11 is 0. The summed E-state index contributed by atoms with van der Waals surface area (Å²) in [5.74, 6) is 0.